The lowest BCUT2D eigenvalue weighted by Crippen LogP contribution is -2.35. The molecule has 7 nitrogen and oxygen atoms in total. The third kappa shape index (κ3) is 2.81. The predicted octanol–water partition coefficient (Wildman–Crippen LogP) is 2.79. The Morgan fingerprint density at radius 3 is 2.31 bits per heavy atom. The maximum atomic E-state index is 4.83. The van der Waals surface area contributed by atoms with Crippen LogP contribution in [-0.4, -0.2) is 42.9 Å². The van der Waals surface area contributed by atoms with Crippen molar-refractivity contribution >= 4 is 11.6 Å². The molecule has 0 atom stereocenters. The van der Waals surface area contributed by atoms with Crippen LogP contribution in [-0.2, 0) is 0 Å². The molecule has 2 fully saturated rings. The second-order valence-electron chi connectivity index (χ2n) is 7.57. The van der Waals surface area contributed by atoms with Crippen LogP contribution in [0.2, 0.25) is 0 Å². The zero-order valence-electron chi connectivity index (χ0n) is 15.3. The largest absolute Gasteiger partial charge is 0.341 e. The summed E-state index contributed by atoms with van der Waals surface area (Å²) < 4.78 is 1.97. The van der Waals surface area contributed by atoms with Gasteiger partial charge in [0.1, 0.15) is 0 Å². The molecule has 0 unspecified atom stereocenters. The number of rotatable bonds is 3. The summed E-state index contributed by atoms with van der Waals surface area (Å²) in [7, 11) is 0. The van der Waals surface area contributed by atoms with Crippen LogP contribution >= 0.6 is 0 Å². The molecule has 4 heterocycles. The van der Waals surface area contributed by atoms with Crippen LogP contribution in [0.4, 0.5) is 5.95 Å². The van der Waals surface area contributed by atoms with E-state index >= 15 is 0 Å². The second-order valence-corrected chi connectivity index (χ2v) is 7.57. The van der Waals surface area contributed by atoms with Crippen LogP contribution in [0.5, 0.6) is 0 Å². The SMILES string of the molecule is Cc1cc(C)nc(N2CCC(c3nnc4ccc(C5CC5)nn34)CC2)n1. The lowest BCUT2D eigenvalue weighted by atomic mass is 9.96. The topological polar surface area (TPSA) is 72.1 Å². The molecule has 1 aliphatic carbocycles. The van der Waals surface area contributed by atoms with Crippen molar-refractivity contribution in [2.24, 2.45) is 0 Å². The molecule has 5 rings (SSSR count). The third-order valence-electron chi connectivity index (χ3n) is 5.42. The Morgan fingerprint density at radius 1 is 0.885 bits per heavy atom. The first-order valence-corrected chi connectivity index (χ1v) is 9.47. The lowest BCUT2D eigenvalue weighted by Gasteiger charge is -2.31. The summed E-state index contributed by atoms with van der Waals surface area (Å²) in [6.45, 7) is 5.92. The van der Waals surface area contributed by atoms with E-state index in [1.165, 1.54) is 18.5 Å². The molecule has 7 heteroatoms. The molecule has 1 saturated heterocycles. The fourth-order valence-electron chi connectivity index (χ4n) is 3.86. The van der Waals surface area contributed by atoms with E-state index in [2.05, 4.69) is 37.2 Å². The average Bonchev–Trinajstić information content (AvgIpc) is 3.40. The van der Waals surface area contributed by atoms with Gasteiger partial charge in [0, 0.05) is 36.3 Å². The van der Waals surface area contributed by atoms with Crippen LogP contribution in [0.1, 0.15) is 60.4 Å². The molecule has 2 aliphatic rings. The van der Waals surface area contributed by atoms with Gasteiger partial charge >= 0.3 is 0 Å². The fourth-order valence-corrected chi connectivity index (χ4v) is 3.86. The fraction of sp³-hybridized carbons (Fsp3) is 0.526. The zero-order chi connectivity index (χ0) is 17.7. The normalized spacial score (nSPS) is 18.6. The minimum atomic E-state index is 0.383. The van der Waals surface area contributed by atoms with Crippen LogP contribution in [0.3, 0.4) is 0 Å². The van der Waals surface area contributed by atoms with Crippen molar-refractivity contribution in [3.8, 4) is 0 Å². The van der Waals surface area contributed by atoms with Crippen molar-refractivity contribution in [3.63, 3.8) is 0 Å². The molecule has 0 spiro atoms. The van der Waals surface area contributed by atoms with Crippen LogP contribution in [0.15, 0.2) is 18.2 Å². The number of piperidine rings is 1. The molecule has 0 bridgehead atoms. The van der Waals surface area contributed by atoms with Gasteiger partial charge in [0.25, 0.3) is 0 Å². The molecular formula is C19H23N7. The number of hydrogen-bond acceptors (Lipinski definition) is 6. The van der Waals surface area contributed by atoms with Gasteiger partial charge in [-0.3, -0.25) is 0 Å². The molecule has 134 valence electrons. The highest BCUT2D eigenvalue weighted by molar-refractivity contribution is 5.38. The van der Waals surface area contributed by atoms with E-state index in [0.717, 1.165) is 54.7 Å². The Morgan fingerprint density at radius 2 is 1.62 bits per heavy atom. The maximum Gasteiger partial charge on any atom is 0.225 e. The third-order valence-corrected chi connectivity index (χ3v) is 5.42. The molecule has 1 aliphatic heterocycles. The molecule has 3 aromatic rings. The Bertz CT molecular complexity index is 931. The Hall–Kier alpha value is -2.57. The molecule has 0 N–H and O–H groups in total. The lowest BCUT2D eigenvalue weighted by molar-refractivity contribution is 0.471. The number of anilines is 1. The van der Waals surface area contributed by atoms with E-state index in [-0.39, 0.29) is 0 Å². The van der Waals surface area contributed by atoms with Crippen molar-refractivity contribution < 1.29 is 0 Å². The number of aromatic nitrogens is 6. The van der Waals surface area contributed by atoms with Crippen LogP contribution in [0, 0.1) is 13.8 Å². The van der Waals surface area contributed by atoms with Gasteiger partial charge in [-0.15, -0.1) is 10.2 Å². The summed E-state index contributed by atoms with van der Waals surface area (Å²) in [6, 6.07) is 6.17. The quantitative estimate of drug-likeness (QED) is 0.724. The first kappa shape index (κ1) is 15.7. The van der Waals surface area contributed by atoms with Crippen LogP contribution < -0.4 is 4.90 Å². The smallest absolute Gasteiger partial charge is 0.225 e. The number of nitrogens with zero attached hydrogens (tertiary/aromatic N) is 7. The van der Waals surface area contributed by atoms with E-state index in [1.54, 1.807) is 0 Å². The van der Waals surface area contributed by atoms with Crippen LogP contribution in [0.25, 0.3) is 5.65 Å². The zero-order valence-corrected chi connectivity index (χ0v) is 15.3. The summed E-state index contributed by atoms with van der Waals surface area (Å²) in [6.07, 6.45) is 4.55. The number of fused-ring (bicyclic) bond motifs is 1. The van der Waals surface area contributed by atoms with E-state index in [4.69, 9.17) is 5.10 Å². The Labute approximate surface area is 152 Å². The van der Waals surface area contributed by atoms with Gasteiger partial charge in [-0.25, -0.2) is 9.97 Å². The monoisotopic (exact) mass is 349 g/mol. The Kier molecular flexibility index (Phi) is 3.62. The summed E-state index contributed by atoms with van der Waals surface area (Å²) in [5.74, 6) is 2.87. The highest BCUT2D eigenvalue weighted by Gasteiger charge is 2.29. The molecule has 26 heavy (non-hydrogen) atoms. The molecule has 1 saturated carbocycles. The number of hydrogen-bond donors (Lipinski definition) is 0. The highest BCUT2D eigenvalue weighted by atomic mass is 15.4. The minimum Gasteiger partial charge on any atom is -0.341 e. The van der Waals surface area contributed by atoms with Crippen molar-refractivity contribution in [1.29, 1.82) is 0 Å². The molecule has 0 aromatic carbocycles. The average molecular weight is 349 g/mol. The first-order chi connectivity index (χ1) is 12.7. The second kappa shape index (κ2) is 6.00. The minimum absolute atomic E-state index is 0.383. The first-order valence-electron chi connectivity index (χ1n) is 9.47. The van der Waals surface area contributed by atoms with Crippen molar-refractivity contribution in [1.82, 2.24) is 29.8 Å². The van der Waals surface area contributed by atoms with Gasteiger partial charge < -0.3 is 4.90 Å². The molecule has 0 radical (unpaired) electrons. The highest BCUT2D eigenvalue weighted by Crippen LogP contribution is 2.39. The van der Waals surface area contributed by atoms with Gasteiger partial charge in [0.2, 0.25) is 5.95 Å². The standard InChI is InChI=1S/C19H23N7/c1-12-11-13(2)21-19(20-12)25-9-7-15(8-10-25)18-23-22-17-6-5-16(14-3-4-14)24-26(17)18/h5-6,11,14-15H,3-4,7-10H2,1-2H3. The molecular weight excluding hydrogens is 326 g/mol. The van der Waals surface area contributed by atoms with Crippen molar-refractivity contribution in [3.05, 3.63) is 41.1 Å². The summed E-state index contributed by atoms with van der Waals surface area (Å²) in [4.78, 5) is 11.5. The summed E-state index contributed by atoms with van der Waals surface area (Å²) in [5, 5.41) is 13.6. The van der Waals surface area contributed by atoms with Gasteiger partial charge in [-0.2, -0.15) is 9.61 Å². The van der Waals surface area contributed by atoms with Crippen molar-refractivity contribution in [2.45, 2.75) is 51.4 Å². The summed E-state index contributed by atoms with van der Waals surface area (Å²) >= 11 is 0. The van der Waals surface area contributed by atoms with Gasteiger partial charge in [0.05, 0.1) is 5.69 Å². The predicted molar refractivity (Wildman–Crippen MR) is 98.5 cm³/mol. The van der Waals surface area contributed by atoms with Gasteiger partial charge in [-0.05, 0) is 57.7 Å². The van der Waals surface area contributed by atoms with E-state index in [9.17, 15) is 0 Å². The summed E-state index contributed by atoms with van der Waals surface area (Å²) in [5.41, 5.74) is 4.08. The maximum absolute atomic E-state index is 4.83. The van der Waals surface area contributed by atoms with Gasteiger partial charge in [-0.1, -0.05) is 0 Å². The van der Waals surface area contributed by atoms with E-state index < -0.39 is 0 Å². The molecule has 0 amide bonds. The van der Waals surface area contributed by atoms with Crippen molar-refractivity contribution in [2.75, 3.05) is 18.0 Å². The Balaban J connectivity index is 1.36. The molecule has 3 aromatic heterocycles. The van der Waals surface area contributed by atoms with Gasteiger partial charge in [0.15, 0.2) is 11.5 Å². The van der Waals surface area contributed by atoms with E-state index in [0.29, 0.717) is 11.8 Å². The number of aryl methyl sites for hydroxylation is 2. The van der Waals surface area contributed by atoms with E-state index in [1.807, 2.05) is 24.4 Å².